The van der Waals surface area contributed by atoms with Crippen LogP contribution in [0.2, 0.25) is 0 Å². The number of methoxy groups -OCH3 is 1. The molecule has 0 atom stereocenters. The van der Waals surface area contributed by atoms with Gasteiger partial charge in [-0.3, -0.25) is 4.90 Å². The first-order valence-corrected chi connectivity index (χ1v) is 5.32. The van der Waals surface area contributed by atoms with Crippen LogP contribution < -0.4 is 0 Å². The average molecular weight is 214 g/mol. The zero-order chi connectivity index (χ0) is 10.6. The summed E-state index contributed by atoms with van der Waals surface area (Å²) in [4.78, 5) is 2.19. The lowest BCUT2D eigenvalue weighted by atomic mass is 10.3. The first kappa shape index (κ1) is 13.5. The van der Waals surface area contributed by atoms with Gasteiger partial charge in [0.05, 0.1) is 12.7 Å². The van der Waals surface area contributed by atoms with Crippen LogP contribution in [0.5, 0.6) is 0 Å². The molecule has 0 aromatic carbocycles. The molecular formula is C10H18N2OS. The van der Waals surface area contributed by atoms with Crippen molar-refractivity contribution in [2.24, 2.45) is 0 Å². The van der Waals surface area contributed by atoms with Crippen LogP contribution in [0.1, 0.15) is 6.42 Å². The maximum Gasteiger partial charge on any atom is 0.0635 e. The maximum atomic E-state index is 8.47. The zero-order valence-corrected chi connectivity index (χ0v) is 9.54. The summed E-state index contributed by atoms with van der Waals surface area (Å²) in [6.07, 6.45) is 4.65. The Hall–Kier alpha value is -0.500. The van der Waals surface area contributed by atoms with E-state index in [9.17, 15) is 0 Å². The Balaban J connectivity index is 3.72. The second kappa shape index (κ2) is 10.6. The monoisotopic (exact) mass is 214 g/mol. The molecule has 0 aliphatic rings. The van der Waals surface area contributed by atoms with Crippen molar-refractivity contribution in [3.05, 3.63) is 12.2 Å². The fourth-order valence-corrected chi connectivity index (χ4v) is 1.17. The Kier molecular flexibility index (Phi) is 10.2. The average Bonchev–Trinajstić information content (AvgIpc) is 2.21. The van der Waals surface area contributed by atoms with Crippen molar-refractivity contribution < 1.29 is 4.74 Å². The van der Waals surface area contributed by atoms with Gasteiger partial charge in [0.2, 0.25) is 0 Å². The Bertz CT molecular complexity index is 189. The topological polar surface area (TPSA) is 36.3 Å². The smallest absolute Gasteiger partial charge is 0.0635 e. The quantitative estimate of drug-likeness (QED) is 0.489. The van der Waals surface area contributed by atoms with Crippen molar-refractivity contribution >= 4 is 12.6 Å². The van der Waals surface area contributed by atoms with Crippen molar-refractivity contribution in [3.8, 4) is 6.07 Å². The van der Waals surface area contributed by atoms with Gasteiger partial charge in [-0.2, -0.15) is 17.9 Å². The number of nitriles is 1. The molecule has 0 aromatic heterocycles. The zero-order valence-electron chi connectivity index (χ0n) is 8.65. The summed E-state index contributed by atoms with van der Waals surface area (Å²) in [6.45, 7) is 3.25. The van der Waals surface area contributed by atoms with E-state index in [-0.39, 0.29) is 0 Å². The summed E-state index contributed by atoms with van der Waals surface area (Å²) in [5, 5.41) is 8.47. The van der Waals surface area contributed by atoms with Crippen LogP contribution in [-0.2, 0) is 4.74 Å². The van der Waals surface area contributed by atoms with E-state index in [1.165, 1.54) is 0 Å². The van der Waals surface area contributed by atoms with Crippen LogP contribution in [0.4, 0.5) is 0 Å². The van der Waals surface area contributed by atoms with E-state index < -0.39 is 0 Å². The summed E-state index contributed by atoms with van der Waals surface area (Å²) in [7, 11) is 1.69. The number of ether oxygens (including phenoxy) is 1. The standard InChI is InChI=1S/C10H18N2OS/c1-13-9-8-12(7-4-5-11)6-2-3-10-14/h2-3,14H,4,6-10H2,1H3. The number of hydrogen-bond donors (Lipinski definition) is 1. The molecule has 0 saturated carbocycles. The summed E-state index contributed by atoms with van der Waals surface area (Å²) in [5.41, 5.74) is 0. The molecule has 0 fully saturated rings. The molecule has 3 nitrogen and oxygen atoms in total. The van der Waals surface area contributed by atoms with E-state index in [2.05, 4.69) is 29.7 Å². The van der Waals surface area contributed by atoms with E-state index in [0.29, 0.717) is 13.0 Å². The molecule has 0 aromatic rings. The van der Waals surface area contributed by atoms with E-state index in [1.807, 2.05) is 6.08 Å². The summed E-state index contributed by atoms with van der Waals surface area (Å²) >= 11 is 4.08. The van der Waals surface area contributed by atoms with Crippen LogP contribution in [-0.4, -0.2) is 44.0 Å². The van der Waals surface area contributed by atoms with Gasteiger partial charge in [-0.05, 0) is 0 Å². The third-order valence-electron chi connectivity index (χ3n) is 1.79. The Morgan fingerprint density at radius 3 is 2.79 bits per heavy atom. The van der Waals surface area contributed by atoms with Crippen LogP contribution in [0.15, 0.2) is 12.2 Å². The molecular weight excluding hydrogens is 196 g/mol. The number of thiol groups is 1. The minimum atomic E-state index is 0.568. The highest BCUT2D eigenvalue weighted by molar-refractivity contribution is 7.80. The molecule has 0 rings (SSSR count). The molecule has 80 valence electrons. The molecule has 0 bridgehead atoms. The van der Waals surface area contributed by atoms with Crippen LogP contribution in [0.25, 0.3) is 0 Å². The molecule has 14 heavy (non-hydrogen) atoms. The molecule has 0 spiro atoms. The molecule has 0 amide bonds. The fourth-order valence-electron chi connectivity index (χ4n) is 1.02. The van der Waals surface area contributed by atoms with Crippen LogP contribution in [0, 0.1) is 11.3 Å². The van der Waals surface area contributed by atoms with Crippen molar-refractivity contribution in [1.82, 2.24) is 4.90 Å². The fraction of sp³-hybridized carbons (Fsp3) is 0.700. The normalized spacial score (nSPS) is 11.0. The Morgan fingerprint density at radius 1 is 1.43 bits per heavy atom. The maximum absolute atomic E-state index is 8.47. The first-order chi connectivity index (χ1) is 6.85. The van der Waals surface area contributed by atoms with E-state index in [1.54, 1.807) is 7.11 Å². The number of nitrogens with zero attached hydrogens (tertiary/aromatic N) is 2. The van der Waals surface area contributed by atoms with E-state index >= 15 is 0 Å². The molecule has 0 radical (unpaired) electrons. The van der Waals surface area contributed by atoms with Crippen molar-refractivity contribution in [3.63, 3.8) is 0 Å². The van der Waals surface area contributed by atoms with Crippen LogP contribution in [0.3, 0.4) is 0 Å². The summed E-state index contributed by atoms with van der Waals surface area (Å²) in [6, 6.07) is 2.14. The minimum Gasteiger partial charge on any atom is -0.383 e. The summed E-state index contributed by atoms with van der Waals surface area (Å²) in [5.74, 6) is 0.760. The van der Waals surface area contributed by atoms with Gasteiger partial charge in [-0.25, -0.2) is 0 Å². The van der Waals surface area contributed by atoms with E-state index in [0.717, 1.165) is 25.4 Å². The van der Waals surface area contributed by atoms with Gasteiger partial charge in [0, 0.05) is 38.9 Å². The predicted octanol–water partition coefficient (Wildman–Crippen LogP) is 1.33. The largest absolute Gasteiger partial charge is 0.383 e. The lowest BCUT2D eigenvalue weighted by Crippen LogP contribution is -2.28. The first-order valence-electron chi connectivity index (χ1n) is 4.69. The summed E-state index contributed by atoms with van der Waals surface area (Å²) < 4.78 is 4.99. The molecule has 0 aliphatic carbocycles. The third kappa shape index (κ3) is 8.11. The molecule has 0 unspecified atom stereocenters. The lowest BCUT2D eigenvalue weighted by Gasteiger charge is -2.18. The molecule has 0 aliphatic heterocycles. The lowest BCUT2D eigenvalue weighted by molar-refractivity contribution is 0.155. The van der Waals surface area contributed by atoms with Crippen molar-refractivity contribution in [2.45, 2.75) is 6.42 Å². The van der Waals surface area contributed by atoms with Gasteiger partial charge in [0.1, 0.15) is 0 Å². The van der Waals surface area contributed by atoms with Gasteiger partial charge < -0.3 is 4.74 Å². The number of rotatable bonds is 8. The van der Waals surface area contributed by atoms with Gasteiger partial charge in [0.25, 0.3) is 0 Å². The van der Waals surface area contributed by atoms with Gasteiger partial charge >= 0.3 is 0 Å². The SMILES string of the molecule is COCCN(CC=CCS)CCC#N. The number of hydrogen-bond acceptors (Lipinski definition) is 4. The van der Waals surface area contributed by atoms with Gasteiger partial charge in [-0.1, -0.05) is 12.2 Å². The third-order valence-corrected chi connectivity index (χ3v) is 2.00. The van der Waals surface area contributed by atoms with Crippen molar-refractivity contribution in [1.29, 1.82) is 5.26 Å². The van der Waals surface area contributed by atoms with Gasteiger partial charge in [-0.15, -0.1) is 0 Å². The predicted molar refractivity (Wildman–Crippen MR) is 61.5 cm³/mol. The highest BCUT2D eigenvalue weighted by Gasteiger charge is 2.00. The van der Waals surface area contributed by atoms with Crippen LogP contribution >= 0.6 is 12.6 Å². The molecule has 0 N–H and O–H groups in total. The van der Waals surface area contributed by atoms with E-state index in [4.69, 9.17) is 10.00 Å². The molecule has 4 heteroatoms. The molecule has 0 saturated heterocycles. The Labute approximate surface area is 91.8 Å². The second-order valence-corrected chi connectivity index (χ2v) is 3.22. The van der Waals surface area contributed by atoms with Gasteiger partial charge in [0.15, 0.2) is 0 Å². The minimum absolute atomic E-state index is 0.568. The molecule has 0 heterocycles. The van der Waals surface area contributed by atoms with Crippen molar-refractivity contribution in [2.75, 3.05) is 39.1 Å². The Morgan fingerprint density at radius 2 is 2.21 bits per heavy atom. The second-order valence-electron chi connectivity index (χ2n) is 2.86. The highest BCUT2D eigenvalue weighted by atomic mass is 32.1. The highest BCUT2D eigenvalue weighted by Crippen LogP contribution is 1.92.